The minimum Gasteiger partial charge on any atom is -0.289 e. The average Bonchev–Trinajstić information content (AvgIpc) is 2.57. The summed E-state index contributed by atoms with van der Waals surface area (Å²) in [6.45, 7) is 3.62. The van der Waals surface area contributed by atoms with Crippen molar-refractivity contribution in [3.05, 3.63) is 72.6 Å². The first kappa shape index (κ1) is 16.9. The fourth-order valence-corrected chi connectivity index (χ4v) is 2.62. The van der Waals surface area contributed by atoms with Crippen LogP contribution in [-0.4, -0.2) is 27.4 Å². The van der Waals surface area contributed by atoms with Crippen molar-refractivity contribution in [2.24, 2.45) is 5.84 Å². The van der Waals surface area contributed by atoms with Crippen molar-refractivity contribution in [2.45, 2.75) is 11.4 Å². The van der Waals surface area contributed by atoms with E-state index in [1.807, 2.05) is 12.1 Å². The molecule has 23 heavy (non-hydrogen) atoms. The van der Waals surface area contributed by atoms with E-state index < -0.39 is 0 Å². The summed E-state index contributed by atoms with van der Waals surface area (Å²) in [5, 5.41) is 1.69. The molecule has 2 N–H and O–H groups in total. The Hall–Kier alpha value is -2.44. The van der Waals surface area contributed by atoms with Crippen LogP contribution in [0, 0.1) is 0 Å². The Morgan fingerprint density at radius 3 is 2.96 bits per heavy atom. The summed E-state index contributed by atoms with van der Waals surface area (Å²) in [5.41, 5.74) is 1.00. The predicted octanol–water partition coefficient (Wildman–Crippen LogP) is 2.40. The van der Waals surface area contributed by atoms with Crippen LogP contribution >= 0.6 is 11.8 Å². The van der Waals surface area contributed by atoms with Crippen LogP contribution in [0.2, 0.25) is 0 Å². The highest BCUT2D eigenvalue weighted by molar-refractivity contribution is 7.99. The summed E-state index contributed by atoms with van der Waals surface area (Å²) in [5.74, 6) is 5.43. The van der Waals surface area contributed by atoms with Gasteiger partial charge in [0, 0.05) is 23.5 Å². The fourth-order valence-electron chi connectivity index (χ4n) is 1.89. The smallest absolute Gasteiger partial charge is 0.251 e. The lowest BCUT2D eigenvalue weighted by Crippen LogP contribution is -2.34. The van der Waals surface area contributed by atoms with Crippen molar-refractivity contribution >= 4 is 23.5 Å². The molecule has 1 aliphatic carbocycles. The van der Waals surface area contributed by atoms with E-state index in [0.717, 1.165) is 10.0 Å². The Morgan fingerprint density at radius 2 is 2.26 bits per heavy atom. The van der Waals surface area contributed by atoms with E-state index in [-0.39, 0.29) is 17.4 Å². The summed E-state index contributed by atoms with van der Waals surface area (Å²) in [6, 6.07) is 5.47. The molecule has 1 aromatic rings. The predicted molar refractivity (Wildman–Crippen MR) is 91.1 cm³/mol. The van der Waals surface area contributed by atoms with E-state index in [9.17, 15) is 9.59 Å². The molecule has 0 spiro atoms. The summed E-state index contributed by atoms with van der Waals surface area (Å²) in [7, 11) is 0. The second-order valence-electron chi connectivity index (χ2n) is 4.72. The van der Waals surface area contributed by atoms with E-state index in [1.165, 1.54) is 18.0 Å². The zero-order valence-corrected chi connectivity index (χ0v) is 13.3. The van der Waals surface area contributed by atoms with E-state index in [2.05, 4.69) is 11.6 Å². The zero-order valence-electron chi connectivity index (χ0n) is 12.5. The maximum Gasteiger partial charge on any atom is 0.251 e. The molecule has 0 saturated carbocycles. The van der Waals surface area contributed by atoms with Gasteiger partial charge in [0.05, 0.1) is 10.8 Å². The number of amides is 1. The third kappa shape index (κ3) is 4.77. The molecule has 118 valence electrons. The number of hydrogen-bond acceptors (Lipinski definition) is 5. The van der Waals surface area contributed by atoms with E-state index >= 15 is 0 Å². The second-order valence-corrected chi connectivity index (χ2v) is 5.71. The molecule has 0 bridgehead atoms. The van der Waals surface area contributed by atoms with Crippen LogP contribution in [0.25, 0.3) is 0 Å². The molecular formula is C17H17N3O2S. The van der Waals surface area contributed by atoms with Crippen molar-refractivity contribution in [1.29, 1.82) is 0 Å². The van der Waals surface area contributed by atoms with Crippen molar-refractivity contribution in [1.82, 2.24) is 9.99 Å². The molecule has 0 radical (unpaired) electrons. The number of aromatic nitrogens is 1. The van der Waals surface area contributed by atoms with Gasteiger partial charge in [-0.2, -0.15) is 0 Å². The molecule has 0 saturated heterocycles. The van der Waals surface area contributed by atoms with Gasteiger partial charge < -0.3 is 0 Å². The standard InChI is InChI=1S/C17H17N3O2S/c1-2-6-13-7-5-8-14(17(13)22)11-20(18)16(21)12-23-15-9-3-4-10-19-15/h2-5,7-11H,1,6,12,18H2. The Labute approximate surface area is 139 Å². The van der Waals surface area contributed by atoms with Gasteiger partial charge in [-0.3, -0.25) is 14.6 Å². The molecule has 1 amide bonds. The van der Waals surface area contributed by atoms with Gasteiger partial charge in [0.2, 0.25) is 0 Å². The molecule has 0 atom stereocenters. The van der Waals surface area contributed by atoms with Gasteiger partial charge in [0.25, 0.3) is 5.91 Å². The number of hydrazine groups is 1. The van der Waals surface area contributed by atoms with Gasteiger partial charge >= 0.3 is 0 Å². The maximum absolute atomic E-state index is 12.2. The third-order valence-corrected chi connectivity index (χ3v) is 3.97. The molecule has 6 heteroatoms. The number of nitrogens with two attached hydrogens (primary N) is 1. The van der Waals surface area contributed by atoms with Crippen molar-refractivity contribution < 1.29 is 9.59 Å². The van der Waals surface area contributed by atoms with Gasteiger partial charge in [-0.25, -0.2) is 10.8 Å². The lowest BCUT2D eigenvalue weighted by molar-refractivity contribution is -0.126. The number of ketones is 1. The van der Waals surface area contributed by atoms with Crippen LogP contribution in [0.3, 0.4) is 0 Å². The zero-order chi connectivity index (χ0) is 16.7. The fraction of sp³-hybridized carbons (Fsp3) is 0.118. The molecule has 2 rings (SSSR count). The van der Waals surface area contributed by atoms with Crippen LogP contribution in [0.1, 0.15) is 6.42 Å². The molecule has 1 aliphatic rings. The van der Waals surface area contributed by atoms with Crippen molar-refractivity contribution in [2.75, 3.05) is 5.75 Å². The van der Waals surface area contributed by atoms with Gasteiger partial charge in [-0.05, 0) is 24.6 Å². The molecular weight excluding hydrogens is 310 g/mol. The Morgan fingerprint density at radius 1 is 1.43 bits per heavy atom. The summed E-state index contributed by atoms with van der Waals surface area (Å²) >= 11 is 1.29. The number of pyridine rings is 1. The first-order chi connectivity index (χ1) is 11.1. The largest absolute Gasteiger partial charge is 0.289 e. The minimum atomic E-state index is -0.311. The number of carbonyl (C=O) groups excluding carboxylic acids is 2. The molecule has 0 aliphatic heterocycles. The van der Waals surface area contributed by atoms with Crippen molar-refractivity contribution in [3.8, 4) is 0 Å². The average molecular weight is 327 g/mol. The first-order valence-corrected chi connectivity index (χ1v) is 7.95. The molecule has 0 aromatic carbocycles. The number of carbonyl (C=O) groups is 2. The topological polar surface area (TPSA) is 76.3 Å². The second kappa shape index (κ2) is 8.26. The molecule has 0 unspecified atom stereocenters. The summed E-state index contributed by atoms with van der Waals surface area (Å²) in [6.07, 6.45) is 10.3. The number of nitrogens with zero attached hydrogens (tertiary/aromatic N) is 2. The van der Waals surface area contributed by atoms with Crippen LogP contribution in [0.4, 0.5) is 0 Å². The van der Waals surface area contributed by atoms with E-state index in [1.54, 1.807) is 36.6 Å². The number of allylic oxidation sites excluding steroid dienone is 6. The van der Waals surface area contributed by atoms with Crippen LogP contribution in [0.5, 0.6) is 0 Å². The molecule has 5 nitrogen and oxygen atoms in total. The SMILES string of the molecule is C=CCC1=CC=CC(=CN(N)C(=O)CSc2ccccn2)C1=O. The van der Waals surface area contributed by atoms with E-state index in [0.29, 0.717) is 17.6 Å². The molecule has 1 aromatic heterocycles. The Balaban J connectivity index is 1.97. The minimum absolute atomic E-state index is 0.143. The van der Waals surface area contributed by atoms with Crippen LogP contribution in [0.15, 0.2) is 77.7 Å². The monoisotopic (exact) mass is 327 g/mol. The van der Waals surface area contributed by atoms with Gasteiger partial charge in [-0.15, -0.1) is 6.58 Å². The Kier molecular flexibility index (Phi) is 6.08. The summed E-state index contributed by atoms with van der Waals surface area (Å²) < 4.78 is 0. The number of thioether (sulfide) groups is 1. The van der Waals surface area contributed by atoms with E-state index in [4.69, 9.17) is 5.84 Å². The number of hydrogen-bond donors (Lipinski definition) is 1. The quantitative estimate of drug-likeness (QED) is 0.217. The van der Waals surface area contributed by atoms with Crippen molar-refractivity contribution in [3.63, 3.8) is 0 Å². The third-order valence-electron chi connectivity index (χ3n) is 3.04. The van der Waals surface area contributed by atoms with Gasteiger partial charge in [-0.1, -0.05) is 36.1 Å². The number of rotatable bonds is 6. The number of Topliss-reactive ketones (excluding diaryl/α,β-unsaturated/α-hetero) is 1. The van der Waals surface area contributed by atoms with Crippen LogP contribution in [-0.2, 0) is 9.59 Å². The highest BCUT2D eigenvalue weighted by Crippen LogP contribution is 2.18. The lowest BCUT2D eigenvalue weighted by Gasteiger charge is -2.15. The highest BCUT2D eigenvalue weighted by Gasteiger charge is 2.17. The lowest BCUT2D eigenvalue weighted by atomic mass is 9.96. The van der Waals surface area contributed by atoms with Crippen LogP contribution < -0.4 is 5.84 Å². The van der Waals surface area contributed by atoms with Gasteiger partial charge in [0.1, 0.15) is 0 Å². The van der Waals surface area contributed by atoms with Gasteiger partial charge in [0.15, 0.2) is 5.78 Å². The maximum atomic E-state index is 12.2. The Bertz CT molecular complexity index is 693. The molecule has 0 fully saturated rings. The summed E-state index contributed by atoms with van der Waals surface area (Å²) in [4.78, 5) is 28.4. The molecule has 1 heterocycles. The first-order valence-electron chi connectivity index (χ1n) is 6.97. The highest BCUT2D eigenvalue weighted by atomic mass is 32.2. The normalized spacial score (nSPS) is 15.4.